The minimum atomic E-state index is -1.04. The van der Waals surface area contributed by atoms with Crippen molar-refractivity contribution in [1.82, 2.24) is 0 Å². The quantitative estimate of drug-likeness (QED) is 0.691. The van der Waals surface area contributed by atoms with Crippen LogP contribution in [0.15, 0.2) is 22.8 Å². The Labute approximate surface area is 74.8 Å². The van der Waals surface area contributed by atoms with Crippen LogP contribution in [0.4, 0.5) is 0 Å². The third kappa shape index (κ3) is 2.62. The highest BCUT2D eigenvalue weighted by Crippen LogP contribution is 2.16. The molecule has 0 saturated carbocycles. The molecule has 1 aromatic rings. The highest BCUT2D eigenvalue weighted by molar-refractivity contribution is 7.99. The van der Waals surface area contributed by atoms with Gasteiger partial charge in [0, 0.05) is 5.25 Å². The molecule has 0 unspecified atom stereocenters. The molecule has 1 atom stereocenters. The summed E-state index contributed by atoms with van der Waals surface area (Å²) in [5.74, 6) is 0.321. The molecule has 0 bridgehead atoms. The largest absolute Gasteiger partial charge is 0.549 e. The molecule has 0 N–H and O–H groups in total. The lowest BCUT2D eigenvalue weighted by molar-refractivity contribution is -0.304. The summed E-state index contributed by atoms with van der Waals surface area (Å²) in [6, 6.07) is 3.59. The molecule has 0 aromatic carbocycles. The van der Waals surface area contributed by atoms with Crippen molar-refractivity contribution in [3.05, 3.63) is 24.2 Å². The standard InChI is InChI=1S/C8H10O3S/c1-6(8(9)10)12-5-7-3-2-4-11-7/h2-4,6H,5H2,1H3,(H,9,10)/p-1/t6-/m0/s1. The Hall–Kier alpha value is -0.900. The van der Waals surface area contributed by atoms with Crippen LogP contribution in [-0.4, -0.2) is 11.2 Å². The Kier molecular flexibility index (Phi) is 3.22. The second-order valence-electron chi connectivity index (χ2n) is 2.35. The van der Waals surface area contributed by atoms with Gasteiger partial charge in [0.2, 0.25) is 0 Å². The molecule has 0 amide bonds. The molecule has 1 heterocycles. The number of aliphatic carboxylic acids is 1. The molecule has 3 nitrogen and oxygen atoms in total. The Bertz CT molecular complexity index is 243. The first kappa shape index (κ1) is 9.19. The van der Waals surface area contributed by atoms with Crippen molar-refractivity contribution in [2.75, 3.05) is 0 Å². The van der Waals surface area contributed by atoms with Crippen LogP contribution in [0.2, 0.25) is 0 Å². The summed E-state index contributed by atoms with van der Waals surface area (Å²) >= 11 is 1.29. The first-order valence-corrected chi connectivity index (χ1v) is 4.60. The van der Waals surface area contributed by atoms with Crippen molar-refractivity contribution in [2.45, 2.75) is 17.9 Å². The molecule has 0 fully saturated rings. The molecule has 1 rings (SSSR count). The molecule has 0 saturated heterocycles. The van der Waals surface area contributed by atoms with Gasteiger partial charge in [-0.05, 0) is 19.1 Å². The Morgan fingerprint density at radius 3 is 3.08 bits per heavy atom. The summed E-state index contributed by atoms with van der Waals surface area (Å²) in [5, 5.41) is 9.81. The van der Waals surface area contributed by atoms with Gasteiger partial charge in [-0.25, -0.2) is 0 Å². The van der Waals surface area contributed by atoms with Gasteiger partial charge in [0.05, 0.1) is 18.0 Å². The molecule has 4 heteroatoms. The molecular formula is C8H9O3S-. The van der Waals surface area contributed by atoms with Crippen LogP contribution in [0.5, 0.6) is 0 Å². The monoisotopic (exact) mass is 185 g/mol. The Balaban J connectivity index is 2.31. The van der Waals surface area contributed by atoms with Crippen molar-refractivity contribution in [1.29, 1.82) is 0 Å². The van der Waals surface area contributed by atoms with Gasteiger partial charge in [-0.3, -0.25) is 0 Å². The van der Waals surface area contributed by atoms with Gasteiger partial charge in [0.1, 0.15) is 5.76 Å². The van der Waals surface area contributed by atoms with Gasteiger partial charge in [0.25, 0.3) is 0 Å². The van der Waals surface area contributed by atoms with Crippen molar-refractivity contribution in [2.24, 2.45) is 0 Å². The zero-order valence-electron chi connectivity index (χ0n) is 6.65. The number of carbonyl (C=O) groups is 1. The molecular weight excluding hydrogens is 176 g/mol. The molecule has 66 valence electrons. The second kappa shape index (κ2) is 4.21. The summed E-state index contributed by atoms with van der Waals surface area (Å²) in [5.41, 5.74) is 0. The van der Waals surface area contributed by atoms with Crippen molar-refractivity contribution >= 4 is 17.7 Å². The van der Waals surface area contributed by atoms with Gasteiger partial charge in [-0.2, -0.15) is 0 Å². The predicted octanol–water partition coefficient (Wildman–Crippen LogP) is 0.651. The van der Waals surface area contributed by atoms with E-state index in [1.807, 2.05) is 6.07 Å². The van der Waals surface area contributed by atoms with Crippen LogP contribution in [0.3, 0.4) is 0 Å². The van der Waals surface area contributed by atoms with Crippen LogP contribution in [0.25, 0.3) is 0 Å². The van der Waals surface area contributed by atoms with E-state index < -0.39 is 11.2 Å². The predicted molar refractivity (Wildman–Crippen MR) is 44.5 cm³/mol. The van der Waals surface area contributed by atoms with Gasteiger partial charge < -0.3 is 14.3 Å². The summed E-state index contributed by atoms with van der Waals surface area (Å²) in [4.78, 5) is 10.3. The van der Waals surface area contributed by atoms with Gasteiger partial charge in [-0.15, -0.1) is 11.8 Å². The molecule has 0 radical (unpaired) electrons. The molecule has 0 aliphatic rings. The maximum atomic E-state index is 10.3. The van der Waals surface area contributed by atoms with E-state index in [9.17, 15) is 9.90 Å². The lowest BCUT2D eigenvalue weighted by Crippen LogP contribution is -2.31. The van der Waals surface area contributed by atoms with E-state index in [0.717, 1.165) is 5.76 Å². The fraction of sp³-hybridized carbons (Fsp3) is 0.375. The third-order valence-electron chi connectivity index (χ3n) is 1.39. The van der Waals surface area contributed by atoms with E-state index in [4.69, 9.17) is 4.42 Å². The summed E-state index contributed by atoms with van der Waals surface area (Å²) in [6.07, 6.45) is 1.57. The highest BCUT2D eigenvalue weighted by Gasteiger charge is 2.04. The van der Waals surface area contributed by atoms with E-state index in [2.05, 4.69) is 0 Å². The average molecular weight is 185 g/mol. The van der Waals surface area contributed by atoms with Crippen LogP contribution in [-0.2, 0) is 10.5 Å². The lowest BCUT2D eigenvalue weighted by atomic mass is 10.5. The minimum absolute atomic E-state index is 0.491. The lowest BCUT2D eigenvalue weighted by Gasteiger charge is -2.09. The van der Waals surface area contributed by atoms with Crippen LogP contribution >= 0.6 is 11.8 Å². The van der Waals surface area contributed by atoms with E-state index in [1.165, 1.54) is 11.8 Å². The maximum Gasteiger partial charge on any atom is 0.113 e. The first-order valence-electron chi connectivity index (χ1n) is 3.55. The molecule has 1 aromatic heterocycles. The summed E-state index contributed by atoms with van der Waals surface area (Å²) in [7, 11) is 0. The van der Waals surface area contributed by atoms with Crippen LogP contribution in [0, 0.1) is 0 Å². The number of furan rings is 1. The van der Waals surface area contributed by atoms with Crippen molar-refractivity contribution < 1.29 is 14.3 Å². The van der Waals surface area contributed by atoms with Crippen molar-refractivity contribution in [3.63, 3.8) is 0 Å². The number of carboxylic acid groups (broad SMARTS) is 1. The van der Waals surface area contributed by atoms with Crippen molar-refractivity contribution in [3.8, 4) is 0 Å². The normalized spacial score (nSPS) is 12.8. The topological polar surface area (TPSA) is 53.3 Å². The van der Waals surface area contributed by atoms with E-state index in [0.29, 0.717) is 5.75 Å². The number of carbonyl (C=O) groups excluding carboxylic acids is 1. The van der Waals surface area contributed by atoms with E-state index in [1.54, 1.807) is 19.3 Å². The Morgan fingerprint density at radius 2 is 2.58 bits per heavy atom. The molecule has 0 aliphatic heterocycles. The smallest absolute Gasteiger partial charge is 0.113 e. The van der Waals surface area contributed by atoms with Gasteiger partial charge in [0.15, 0.2) is 0 Å². The third-order valence-corrected chi connectivity index (χ3v) is 2.53. The summed E-state index contributed by atoms with van der Waals surface area (Å²) in [6.45, 7) is 1.60. The second-order valence-corrected chi connectivity index (χ2v) is 3.68. The fourth-order valence-electron chi connectivity index (χ4n) is 0.670. The van der Waals surface area contributed by atoms with Crippen LogP contribution in [0.1, 0.15) is 12.7 Å². The van der Waals surface area contributed by atoms with Gasteiger partial charge >= 0.3 is 0 Å². The number of carboxylic acids is 1. The van der Waals surface area contributed by atoms with E-state index in [-0.39, 0.29) is 0 Å². The molecule has 0 spiro atoms. The number of thioether (sulfide) groups is 1. The average Bonchev–Trinajstić information content (AvgIpc) is 2.51. The number of hydrogen-bond acceptors (Lipinski definition) is 4. The number of hydrogen-bond donors (Lipinski definition) is 0. The summed E-state index contributed by atoms with van der Waals surface area (Å²) < 4.78 is 5.03. The number of rotatable bonds is 4. The highest BCUT2D eigenvalue weighted by atomic mass is 32.2. The molecule has 0 aliphatic carbocycles. The first-order chi connectivity index (χ1) is 5.70. The zero-order chi connectivity index (χ0) is 8.97. The van der Waals surface area contributed by atoms with Crippen LogP contribution < -0.4 is 5.11 Å². The SMILES string of the molecule is C[C@H](SCc1ccco1)C(=O)[O-]. The fourth-order valence-corrected chi connectivity index (χ4v) is 1.38. The minimum Gasteiger partial charge on any atom is -0.549 e. The van der Waals surface area contributed by atoms with E-state index >= 15 is 0 Å². The Morgan fingerprint density at radius 1 is 1.83 bits per heavy atom. The van der Waals surface area contributed by atoms with Gasteiger partial charge in [-0.1, -0.05) is 0 Å². The zero-order valence-corrected chi connectivity index (χ0v) is 7.47. The maximum absolute atomic E-state index is 10.3. The molecule has 12 heavy (non-hydrogen) atoms.